The van der Waals surface area contributed by atoms with Gasteiger partial charge in [-0.3, -0.25) is 9.59 Å². The zero-order chi connectivity index (χ0) is 21.1. The number of likely N-dealkylation sites (tertiary alicyclic amines) is 1. The summed E-state index contributed by atoms with van der Waals surface area (Å²) >= 11 is 0. The van der Waals surface area contributed by atoms with Gasteiger partial charge < -0.3 is 16.4 Å². The average molecular weight is 408 g/mol. The number of hydrogen-bond donors (Lipinski definition) is 2. The van der Waals surface area contributed by atoms with Crippen molar-refractivity contribution in [2.75, 3.05) is 18.8 Å². The fraction of sp³-hybridized carbons (Fsp3) is 0.478. The van der Waals surface area contributed by atoms with Gasteiger partial charge in [-0.1, -0.05) is 25.0 Å². The monoisotopic (exact) mass is 407 g/mol. The second-order valence-electron chi connectivity index (χ2n) is 8.51. The first-order valence-electron chi connectivity index (χ1n) is 10.8. The van der Waals surface area contributed by atoms with E-state index < -0.39 is 5.91 Å². The minimum Gasteiger partial charge on any atom is -0.368 e. The van der Waals surface area contributed by atoms with Crippen molar-refractivity contribution in [3.05, 3.63) is 41.7 Å². The highest BCUT2D eigenvalue weighted by molar-refractivity contribution is 5.94. The summed E-state index contributed by atoms with van der Waals surface area (Å²) in [4.78, 5) is 35.2. The number of rotatable bonds is 5. The lowest BCUT2D eigenvalue weighted by Crippen LogP contribution is -2.40. The number of anilines is 1. The average Bonchev–Trinajstić information content (AvgIpc) is 3.27. The van der Waals surface area contributed by atoms with Gasteiger partial charge in [0.25, 0.3) is 0 Å². The Morgan fingerprint density at radius 2 is 1.93 bits per heavy atom. The summed E-state index contributed by atoms with van der Waals surface area (Å²) in [6, 6.07) is 7.16. The fourth-order valence-corrected chi connectivity index (χ4v) is 4.80. The highest BCUT2D eigenvalue weighted by atomic mass is 16.2. The van der Waals surface area contributed by atoms with E-state index in [-0.39, 0.29) is 17.8 Å². The maximum Gasteiger partial charge on any atom is 0.248 e. The van der Waals surface area contributed by atoms with Crippen LogP contribution in [-0.4, -0.2) is 39.8 Å². The summed E-state index contributed by atoms with van der Waals surface area (Å²) in [5.74, 6) is 0.625. The molecule has 4 rings (SSSR count). The van der Waals surface area contributed by atoms with E-state index in [4.69, 9.17) is 11.5 Å². The molecule has 7 heteroatoms. The standard InChI is InChI=1S/C23H29N5O2/c24-22(30)17-8-3-7-16(12-17)19-13-26-23(25)27-21(19)18-9-4-10-28(14-18)20(29)11-15-5-1-2-6-15/h3,7-8,12-13,15,18H,1-2,4-6,9-11,14H2,(H2,24,30)(H2,25,26,27)/t18-/m1/s1. The van der Waals surface area contributed by atoms with Crippen LogP contribution in [0.1, 0.15) is 66.9 Å². The predicted octanol–water partition coefficient (Wildman–Crippen LogP) is 3.11. The zero-order valence-corrected chi connectivity index (χ0v) is 17.2. The van der Waals surface area contributed by atoms with Crippen LogP contribution in [-0.2, 0) is 4.79 Å². The van der Waals surface area contributed by atoms with Gasteiger partial charge >= 0.3 is 0 Å². The van der Waals surface area contributed by atoms with E-state index in [0.717, 1.165) is 36.2 Å². The Labute approximate surface area is 176 Å². The summed E-state index contributed by atoms with van der Waals surface area (Å²) < 4.78 is 0. The van der Waals surface area contributed by atoms with Crippen molar-refractivity contribution in [2.24, 2.45) is 11.7 Å². The van der Waals surface area contributed by atoms with E-state index in [0.29, 0.717) is 24.4 Å². The van der Waals surface area contributed by atoms with E-state index in [2.05, 4.69) is 9.97 Å². The molecule has 7 nitrogen and oxygen atoms in total. The van der Waals surface area contributed by atoms with Gasteiger partial charge in [0.05, 0.1) is 5.69 Å². The number of carbonyl (C=O) groups excluding carboxylic acids is 2. The van der Waals surface area contributed by atoms with Crippen molar-refractivity contribution in [1.29, 1.82) is 0 Å². The largest absolute Gasteiger partial charge is 0.368 e. The van der Waals surface area contributed by atoms with Crippen LogP contribution in [0.5, 0.6) is 0 Å². The van der Waals surface area contributed by atoms with E-state index in [1.807, 2.05) is 11.0 Å². The van der Waals surface area contributed by atoms with Crippen LogP contribution in [0.3, 0.4) is 0 Å². The first-order chi connectivity index (χ1) is 14.5. The van der Waals surface area contributed by atoms with E-state index in [9.17, 15) is 9.59 Å². The lowest BCUT2D eigenvalue weighted by Gasteiger charge is -2.34. The Kier molecular flexibility index (Phi) is 5.97. The molecule has 0 spiro atoms. The Hall–Kier alpha value is -2.96. The number of aromatic nitrogens is 2. The molecule has 1 aromatic carbocycles. The van der Waals surface area contributed by atoms with Gasteiger partial charge in [0.1, 0.15) is 0 Å². The minimum absolute atomic E-state index is 0.0869. The highest BCUT2D eigenvalue weighted by Crippen LogP contribution is 2.35. The van der Waals surface area contributed by atoms with Crippen LogP contribution in [0.2, 0.25) is 0 Å². The number of primary amides is 1. The number of nitrogens with zero attached hydrogens (tertiary/aromatic N) is 3. The van der Waals surface area contributed by atoms with Gasteiger partial charge in [-0.2, -0.15) is 0 Å². The molecule has 1 aromatic heterocycles. The van der Waals surface area contributed by atoms with Crippen molar-refractivity contribution in [2.45, 2.75) is 50.9 Å². The first kappa shape index (κ1) is 20.3. The normalized spacial score (nSPS) is 19.7. The summed E-state index contributed by atoms with van der Waals surface area (Å²) in [5, 5.41) is 0. The van der Waals surface area contributed by atoms with Gasteiger partial charge in [-0.05, 0) is 49.3 Å². The molecule has 0 unspecified atom stereocenters. The highest BCUT2D eigenvalue weighted by Gasteiger charge is 2.29. The third-order valence-electron chi connectivity index (χ3n) is 6.39. The zero-order valence-electron chi connectivity index (χ0n) is 17.2. The number of carbonyl (C=O) groups is 2. The molecule has 1 aliphatic carbocycles. The predicted molar refractivity (Wildman–Crippen MR) is 116 cm³/mol. The van der Waals surface area contributed by atoms with E-state index in [1.54, 1.807) is 24.4 Å². The third-order valence-corrected chi connectivity index (χ3v) is 6.39. The lowest BCUT2D eigenvalue weighted by molar-refractivity contribution is -0.133. The molecule has 2 fully saturated rings. The molecule has 30 heavy (non-hydrogen) atoms. The second-order valence-corrected chi connectivity index (χ2v) is 8.51. The number of amides is 2. The van der Waals surface area contributed by atoms with Gasteiger partial charge in [0.2, 0.25) is 17.8 Å². The van der Waals surface area contributed by atoms with E-state index in [1.165, 1.54) is 25.7 Å². The molecule has 158 valence electrons. The number of nitrogen functional groups attached to an aromatic ring is 1. The molecular formula is C23H29N5O2. The molecule has 0 radical (unpaired) electrons. The molecule has 2 amide bonds. The molecule has 1 saturated carbocycles. The number of hydrogen-bond acceptors (Lipinski definition) is 5. The molecule has 2 aromatic rings. The quantitative estimate of drug-likeness (QED) is 0.790. The first-order valence-corrected chi connectivity index (χ1v) is 10.8. The van der Waals surface area contributed by atoms with Crippen LogP contribution in [0.15, 0.2) is 30.5 Å². The topological polar surface area (TPSA) is 115 Å². The summed E-state index contributed by atoms with van der Waals surface area (Å²) in [5.41, 5.74) is 14.3. The van der Waals surface area contributed by atoms with Crippen molar-refractivity contribution < 1.29 is 9.59 Å². The number of benzene rings is 1. The van der Waals surface area contributed by atoms with Gasteiger partial charge in [0.15, 0.2) is 0 Å². The minimum atomic E-state index is -0.476. The van der Waals surface area contributed by atoms with Crippen molar-refractivity contribution in [1.82, 2.24) is 14.9 Å². The van der Waals surface area contributed by atoms with Crippen LogP contribution < -0.4 is 11.5 Å². The van der Waals surface area contributed by atoms with Crippen molar-refractivity contribution in [3.8, 4) is 11.1 Å². The Morgan fingerprint density at radius 3 is 2.70 bits per heavy atom. The molecule has 1 aliphatic heterocycles. The molecule has 0 bridgehead atoms. The Morgan fingerprint density at radius 1 is 1.13 bits per heavy atom. The Bertz CT molecular complexity index is 939. The molecule has 4 N–H and O–H groups in total. The molecule has 2 heterocycles. The summed E-state index contributed by atoms with van der Waals surface area (Å²) in [6.07, 6.45) is 9.07. The van der Waals surface area contributed by atoms with Crippen molar-refractivity contribution >= 4 is 17.8 Å². The fourth-order valence-electron chi connectivity index (χ4n) is 4.80. The SMILES string of the molecule is NC(=O)c1cccc(-c2cnc(N)nc2[C@@H]2CCCN(C(=O)CC3CCCC3)C2)c1. The van der Waals surface area contributed by atoms with E-state index >= 15 is 0 Å². The smallest absolute Gasteiger partial charge is 0.248 e. The van der Waals surface area contributed by atoms with Crippen LogP contribution in [0, 0.1) is 5.92 Å². The van der Waals surface area contributed by atoms with Crippen LogP contribution in [0.4, 0.5) is 5.95 Å². The van der Waals surface area contributed by atoms with Gasteiger partial charge in [-0.15, -0.1) is 0 Å². The molecule has 1 atom stereocenters. The van der Waals surface area contributed by atoms with Gasteiger partial charge in [0, 0.05) is 42.8 Å². The van der Waals surface area contributed by atoms with Crippen LogP contribution in [0.25, 0.3) is 11.1 Å². The van der Waals surface area contributed by atoms with Crippen LogP contribution >= 0.6 is 0 Å². The second kappa shape index (κ2) is 8.81. The summed E-state index contributed by atoms with van der Waals surface area (Å²) in [7, 11) is 0. The Balaban J connectivity index is 1.58. The lowest BCUT2D eigenvalue weighted by atomic mass is 9.89. The maximum absolute atomic E-state index is 12.9. The molecule has 1 saturated heterocycles. The molecule has 2 aliphatic rings. The number of nitrogens with two attached hydrogens (primary N) is 2. The third kappa shape index (κ3) is 4.45. The molecular weight excluding hydrogens is 378 g/mol. The maximum atomic E-state index is 12.9. The number of piperidine rings is 1. The van der Waals surface area contributed by atoms with Crippen molar-refractivity contribution in [3.63, 3.8) is 0 Å². The van der Waals surface area contributed by atoms with Gasteiger partial charge in [-0.25, -0.2) is 9.97 Å². The summed E-state index contributed by atoms with van der Waals surface area (Å²) in [6.45, 7) is 1.44.